The van der Waals surface area contributed by atoms with Gasteiger partial charge in [-0.2, -0.15) is 0 Å². The Kier molecular flexibility index (Phi) is 6.19. The molecule has 3 rings (SSSR count). The maximum Gasteiger partial charge on any atom is 0.273 e. The number of aromatic nitrogens is 1. The molecule has 0 atom stereocenters. The molecule has 0 aliphatic carbocycles. The standard InChI is InChI=1S/C21H25N3O3/c1-15(25)23-14-16-5-3-6-17(13-16)19-7-4-10-22-20(19)21(26)24-11-8-18(27-2)9-12-24/h3-7,10,13,18H,8-9,11-12,14H2,1-2H3,(H,23,25). The minimum absolute atomic E-state index is 0.0487. The van der Waals surface area contributed by atoms with Crippen molar-refractivity contribution in [1.29, 1.82) is 0 Å². The van der Waals surface area contributed by atoms with E-state index in [1.807, 2.05) is 41.3 Å². The van der Waals surface area contributed by atoms with Gasteiger partial charge in [0.05, 0.1) is 6.10 Å². The minimum atomic E-state index is -0.0721. The summed E-state index contributed by atoms with van der Waals surface area (Å²) < 4.78 is 5.39. The highest BCUT2D eigenvalue weighted by Gasteiger charge is 2.26. The summed E-state index contributed by atoms with van der Waals surface area (Å²) in [6, 6.07) is 11.6. The second-order valence-corrected chi connectivity index (χ2v) is 6.74. The van der Waals surface area contributed by atoms with Crippen LogP contribution in [0.15, 0.2) is 42.6 Å². The Balaban J connectivity index is 1.83. The number of hydrogen-bond donors (Lipinski definition) is 1. The highest BCUT2D eigenvalue weighted by Crippen LogP contribution is 2.25. The molecule has 0 spiro atoms. The van der Waals surface area contributed by atoms with Crippen molar-refractivity contribution in [2.45, 2.75) is 32.4 Å². The second-order valence-electron chi connectivity index (χ2n) is 6.74. The van der Waals surface area contributed by atoms with Crippen LogP contribution in [0.1, 0.15) is 35.8 Å². The lowest BCUT2D eigenvalue weighted by Gasteiger charge is -2.31. The number of carbonyl (C=O) groups excluding carboxylic acids is 2. The number of benzene rings is 1. The molecule has 2 amide bonds. The lowest BCUT2D eigenvalue weighted by Crippen LogP contribution is -2.41. The molecule has 1 saturated heterocycles. The van der Waals surface area contributed by atoms with E-state index in [9.17, 15) is 9.59 Å². The third kappa shape index (κ3) is 4.71. The third-order valence-corrected chi connectivity index (χ3v) is 4.85. The van der Waals surface area contributed by atoms with E-state index in [1.54, 1.807) is 13.3 Å². The SMILES string of the molecule is COC1CCN(C(=O)c2ncccc2-c2cccc(CNC(C)=O)c2)CC1. The van der Waals surface area contributed by atoms with Gasteiger partial charge in [0.25, 0.3) is 5.91 Å². The van der Waals surface area contributed by atoms with Gasteiger partial charge in [0.1, 0.15) is 5.69 Å². The van der Waals surface area contributed by atoms with Crippen molar-refractivity contribution in [1.82, 2.24) is 15.2 Å². The number of ether oxygens (including phenoxy) is 1. The van der Waals surface area contributed by atoms with Crippen LogP contribution in [0.25, 0.3) is 11.1 Å². The number of pyridine rings is 1. The number of methoxy groups -OCH3 is 1. The summed E-state index contributed by atoms with van der Waals surface area (Å²) in [6.07, 6.45) is 3.57. The number of likely N-dealkylation sites (tertiary alicyclic amines) is 1. The molecule has 0 radical (unpaired) electrons. The zero-order chi connectivity index (χ0) is 19.2. The molecule has 0 unspecified atom stereocenters. The lowest BCUT2D eigenvalue weighted by molar-refractivity contribution is -0.119. The first-order valence-electron chi connectivity index (χ1n) is 9.19. The van der Waals surface area contributed by atoms with Crippen molar-refractivity contribution < 1.29 is 14.3 Å². The maximum absolute atomic E-state index is 13.1. The monoisotopic (exact) mass is 367 g/mol. The molecule has 6 heteroatoms. The number of hydrogen-bond acceptors (Lipinski definition) is 4. The van der Waals surface area contributed by atoms with E-state index in [4.69, 9.17) is 4.74 Å². The normalized spacial score (nSPS) is 14.8. The van der Waals surface area contributed by atoms with Crippen LogP contribution in [0.3, 0.4) is 0 Å². The molecule has 27 heavy (non-hydrogen) atoms. The highest BCUT2D eigenvalue weighted by atomic mass is 16.5. The average Bonchev–Trinajstić information content (AvgIpc) is 2.72. The molecule has 1 aliphatic rings. The molecule has 1 fully saturated rings. The second kappa shape index (κ2) is 8.77. The van der Waals surface area contributed by atoms with E-state index in [0.717, 1.165) is 29.5 Å². The predicted octanol–water partition coefficient (Wildman–Crippen LogP) is 2.64. The molecule has 1 aromatic carbocycles. The van der Waals surface area contributed by atoms with Crippen LogP contribution in [0.4, 0.5) is 0 Å². The van der Waals surface area contributed by atoms with Gasteiger partial charge in [0.15, 0.2) is 0 Å². The highest BCUT2D eigenvalue weighted by molar-refractivity contribution is 5.99. The Labute approximate surface area is 159 Å². The number of piperidine rings is 1. The first-order chi connectivity index (χ1) is 13.1. The smallest absolute Gasteiger partial charge is 0.273 e. The number of rotatable bonds is 5. The maximum atomic E-state index is 13.1. The number of nitrogens with zero attached hydrogens (tertiary/aromatic N) is 2. The molecule has 0 saturated carbocycles. The van der Waals surface area contributed by atoms with E-state index >= 15 is 0 Å². The van der Waals surface area contributed by atoms with E-state index in [2.05, 4.69) is 10.3 Å². The average molecular weight is 367 g/mol. The van der Waals surface area contributed by atoms with Crippen LogP contribution in [-0.4, -0.2) is 48.0 Å². The van der Waals surface area contributed by atoms with E-state index < -0.39 is 0 Å². The van der Waals surface area contributed by atoms with Gasteiger partial charge in [0.2, 0.25) is 5.91 Å². The van der Waals surface area contributed by atoms with Crippen LogP contribution in [0.5, 0.6) is 0 Å². The van der Waals surface area contributed by atoms with Gasteiger partial charge in [-0.25, -0.2) is 0 Å². The van der Waals surface area contributed by atoms with Gasteiger partial charge >= 0.3 is 0 Å². The molecular weight excluding hydrogens is 342 g/mol. The molecule has 1 aliphatic heterocycles. The summed E-state index contributed by atoms with van der Waals surface area (Å²) in [6.45, 7) is 3.30. The first kappa shape index (κ1) is 19.0. The first-order valence-corrected chi connectivity index (χ1v) is 9.19. The quantitative estimate of drug-likeness (QED) is 0.882. The molecule has 142 valence electrons. The number of nitrogens with one attached hydrogen (secondary N) is 1. The molecule has 1 aromatic heterocycles. The largest absolute Gasteiger partial charge is 0.381 e. The minimum Gasteiger partial charge on any atom is -0.381 e. The Morgan fingerprint density at radius 3 is 2.70 bits per heavy atom. The number of carbonyl (C=O) groups is 2. The molecule has 6 nitrogen and oxygen atoms in total. The van der Waals surface area contributed by atoms with Gasteiger partial charge in [0, 0.05) is 45.4 Å². The summed E-state index contributed by atoms with van der Waals surface area (Å²) in [4.78, 5) is 30.4. The fourth-order valence-electron chi connectivity index (χ4n) is 3.33. The Morgan fingerprint density at radius 1 is 1.22 bits per heavy atom. The van der Waals surface area contributed by atoms with Crippen molar-refractivity contribution in [3.8, 4) is 11.1 Å². The van der Waals surface area contributed by atoms with Gasteiger partial charge < -0.3 is 15.0 Å². The number of amides is 2. The fourth-order valence-corrected chi connectivity index (χ4v) is 3.33. The van der Waals surface area contributed by atoms with Crippen LogP contribution < -0.4 is 5.32 Å². The van der Waals surface area contributed by atoms with Crippen molar-refractivity contribution >= 4 is 11.8 Å². The summed E-state index contributed by atoms with van der Waals surface area (Å²) in [5.41, 5.74) is 3.16. The molecule has 1 N–H and O–H groups in total. The lowest BCUT2D eigenvalue weighted by atomic mass is 10.00. The zero-order valence-corrected chi connectivity index (χ0v) is 15.8. The van der Waals surface area contributed by atoms with Crippen LogP contribution in [0.2, 0.25) is 0 Å². The molecular formula is C21H25N3O3. The molecule has 2 heterocycles. The van der Waals surface area contributed by atoms with E-state index in [1.165, 1.54) is 6.92 Å². The van der Waals surface area contributed by atoms with Gasteiger partial charge in [-0.15, -0.1) is 0 Å². The fraction of sp³-hybridized carbons (Fsp3) is 0.381. The van der Waals surface area contributed by atoms with Gasteiger partial charge in [-0.05, 0) is 36.1 Å². The zero-order valence-electron chi connectivity index (χ0n) is 15.8. The third-order valence-electron chi connectivity index (χ3n) is 4.85. The Bertz CT molecular complexity index is 814. The van der Waals surface area contributed by atoms with E-state index in [0.29, 0.717) is 25.3 Å². The summed E-state index contributed by atoms with van der Waals surface area (Å²) in [5, 5.41) is 2.80. The van der Waals surface area contributed by atoms with Crippen LogP contribution >= 0.6 is 0 Å². The Morgan fingerprint density at radius 2 is 2.00 bits per heavy atom. The molecule has 2 aromatic rings. The molecule has 0 bridgehead atoms. The van der Waals surface area contributed by atoms with E-state index in [-0.39, 0.29) is 17.9 Å². The van der Waals surface area contributed by atoms with Crippen molar-refractivity contribution in [3.05, 3.63) is 53.9 Å². The van der Waals surface area contributed by atoms with Crippen LogP contribution in [0, 0.1) is 0 Å². The predicted molar refractivity (Wildman–Crippen MR) is 103 cm³/mol. The van der Waals surface area contributed by atoms with Gasteiger partial charge in [-0.3, -0.25) is 14.6 Å². The summed E-state index contributed by atoms with van der Waals surface area (Å²) in [7, 11) is 1.72. The van der Waals surface area contributed by atoms with Crippen LogP contribution in [-0.2, 0) is 16.1 Å². The van der Waals surface area contributed by atoms with Crippen molar-refractivity contribution in [2.75, 3.05) is 20.2 Å². The Hall–Kier alpha value is -2.73. The van der Waals surface area contributed by atoms with Crippen molar-refractivity contribution in [2.24, 2.45) is 0 Å². The van der Waals surface area contributed by atoms with Crippen molar-refractivity contribution in [3.63, 3.8) is 0 Å². The summed E-state index contributed by atoms with van der Waals surface area (Å²) >= 11 is 0. The van der Waals surface area contributed by atoms with Gasteiger partial charge in [-0.1, -0.05) is 24.3 Å². The summed E-state index contributed by atoms with van der Waals surface area (Å²) in [5.74, 6) is -0.121. The topological polar surface area (TPSA) is 71.5 Å².